The molecule has 0 aliphatic rings. The lowest BCUT2D eigenvalue weighted by atomic mass is 9.79. The van der Waals surface area contributed by atoms with Crippen molar-refractivity contribution in [1.82, 2.24) is 0 Å². The van der Waals surface area contributed by atoms with Crippen LogP contribution in [0.5, 0.6) is 0 Å². The molecule has 0 radical (unpaired) electrons. The van der Waals surface area contributed by atoms with Gasteiger partial charge in [0.1, 0.15) is 7.85 Å². The third-order valence-corrected chi connectivity index (χ3v) is 2.96. The zero-order chi connectivity index (χ0) is 11.8. The zero-order valence-corrected chi connectivity index (χ0v) is 11.1. The molecule has 0 aromatic rings. The van der Waals surface area contributed by atoms with Gasteiger partial charge in [-0.05, 0) is 25.7 Å². The predicted molar refractivity (Wildman–Crippen MR) is 70.0 cm³/mol. The Labute approximate surface area is 96.4 Å². The second-order valence-electron chi connectivity index (χ2n) is 4.93. The van der Waals surface area contributed by atoms with Crippen LogP contribution in [0.4, 0.5) is 0 Å². The first kappa shape index (κ1) is 15.0. The van der Waals surface area contributed by atoms with Crippen molar-refractivity contribution in [3.8, 4) is 0 Å². The monoisotopic (exact) mass is 213 g/mol. The van der Waals surface area contributed by atoms with Gasteiger partial charge >= 0.3 is 0 Å². The van der Waals surface area contributed by atoms with Crippen LogP contribution < -0.4 is 5.73 Å². The van der Waals surface area contributed by atoms with E-state index in [1.165, 1.54) is 6.42 Å². The zero-order valence-electron chi connectivity index (χ0n) is 11.1. The molecule has 2 unspecified atom stereocenters. The van der Waals surface area contributed by atoms with Gasteiger partial charge in [-0.15, -0.1) is 0 Å². The van der Waals surface area contributed by atoms with Crippen molar-refractivity contribution < 1.29 is 4.74 Å². The maximum Gasteiger partial charge on any atom is 0.105 e. The second kappa shape index (κ2) is 8.17. The molecule has 0 rings (SSSR count). The summed E-state index contributed by atoms with van der Waals surface area (Å²) in [5.74, 6) is 1.14. The molecule has 0 bridgehead atoms. The maximum absolute atomic E-state index is 6.20. The van der Waals surface area contributed by atoms with E-state index < -0.39 is 0 Å². The fourth-order valence-corrected chi connectivity index (χ4v) is 2.03. The number of nitrogens with two attached hydrogens (primary N) is 1. The van der Waals surface area contributed by atoms with Gasteiger partial charge in [-0.1, -0.05) is 33.0 Å². The molecule has 0 spiro atoms. The maximum atomic E-state index is 6.20. The minimum atomic E-state index is 0.271. The Hall–Kier alpha value is -0.0151. The third kappa shape index (κ3) is 6.21. The molecule has 90 valence electrons. The molecule has 4 atom stereocenters. The van der Waals surface area contributed by atoms with Crippen LogP contribution in [0.15, 0.2) is 0 Å². The lowest BCUT2D eigenvalue weighted by Crippen LogP contribution is -2.38. The van der Waals surface area contributed by atoms with Crippen molar-refractivity contribution in [2.45, 2.75) is 64.9 Å². The van der Waals surface area contributed by atoms with Crippen molar-refractivity contribution in [3.05, 3.63) is 0 Å². The Morgan fingerprint density at radius 1 is 1.27 bits per heavy atom. The molecular formula is C12H28BNO. The quantitative estimate of drug-likeness (QED) is 0.626. The minimum Gasteiger partial charge on any atom is -0.378 e. The standard InChI is InChI=1S/C12H28BNO/c1-5-7-12(15-6-2)10(4)11(14)8-9(3)13/h9-12H,5-8,13-14H2,1-4H3/t9-,10-,11?,12?/m1/s1. The first-order chi connectivity index (χ1) is 7.02. The van der Waals surface area contributed by atoms with Crippen molar-refractivity contribution in [2.24, 2.45) is 11.7 Å². The van der Waals surface area contributed by atoms with Gasteiger partial charge in [-0.25, -0.2) is 0 Å². The fourth-order valence-electron chi connectivity index (χ4n) is 2.03. The summed E-state index contributed by atoms with van der Waals surface area (Å²) >= 11 is 0. The molecule has 0 aliphatic carbocycles. The molecule has 0 aromatic heterocycles. The third-order valence-electron chi connectivity index (χ3n) is 2.96. The summed E-state index contributed by atoms with van der Waals surface area (Å²) in [7, 11) is 2.22. The van der Waals surface area contributed by atoms with Gasteiger partial charge in [0.05, 0.1) is 6.10 Å². The fraction of sp³-hybridized carbons (Fsp3) is 1.00. The SMILES string of the molecule is B[C@H](C)CC(N)[C@@H](C)C(CCC)OCC. The molecule has 2 nitrogen and oxygen atoms in total. The van der Waals surface area contributed by atoms with E-state index in [0.717, 1.165) is 19.4 Å². The van der Waals surface area contributed by atoms with Crippen LogP contribution in [0.3, 0.4) is 0 Å². The van der Waals surface area contributed by atoms with Gasteiger partial charge in [0, 0.05) is 12.6 Å². The van der Waals surface area contributed by atoms with Crippen LogP contribution in [0, 0.1) is 5.92 Å². The van der Waals surface area contributed by atoms with Gasteiger partial charge in [0.15, 0.2) is 0 Å². The van der Waals surface area contributed by atoms with E-state index in [-0.39, 0.29) is 6.04 Å². The molecule has 0 aromatic carbocycles. The highest BCUT2D eigenvalue weighted by Crippen LogP contribution is 2.21. The van der Waals surface area contributed by atoms with E-state index in [1.807, 2.05) is 0 Å². The Morgan fingerprint density at radius 2 is 1.87 bits per heavy atom. The summed E-state index contributed by atoms with van der Waals surface area (Å²) in [4.78, 5) is 0. The van der Waals surface area contributed by atoms with Gasteiger partial charge in [-0.2, -0.15) is 0 Å². The molecule has 0 aliphatic heterocycles. The van der Waals surface area contributed by atoms with E-state index >= 15 is 0 Å². The van der Waals surface area contributed by atoms with E-state index in [0.29, 0.717) is 17.8 Å². The van der Waals surface area contributed by atoms with Gasteiger partial charge in [0.25, 0.3) is 0 Å². The van der Waals surface area contributed by atoms with E-state index in [2.05, 4.69) is 35.5 Å². The summed E-state index contributed by atoms with van der Waals surface area (Å²) in [6.07, 6.45) is 3.73. The summed E-state index contributed by atoms with van der Waals surface area (Å²) in [6.45, 7) is 9.50. The minimum absolute atomic E-state index is 0.271. The number of ether oxygens (including phenoxy) is 1. The molecular weight excluding hydrogens is 185 g/mol. The highest BCUT2D eigenvalue weighted by molar-refractivity contribution is 6.11. The summed E-state index contributed by atoms with van der Waals surface area (Å²) in [5.41, 5.74) is 6.20. The van der Waals surface area contributed by atoms with Crippen molar-refractivity contribution >= 4 is 7.85 Å². The lowest BCUT2D eigenvalue weighted by Gasteiger charge is -2.29. The smallest absolute Gasteiger partial charge is 0.105 e. The van der Waals surface area contributed by atoms with E-state index in [9.17, 15) is 0 Å². The first-order valence-electron chi connectivity index (χ1n) is 6.40. The number of hydrogen-bond donors (Lipinski definition) is 1. The first-order valence-corrected chi connectivity index (χ1v) is 6.40. The Balaban J connectivity index is 4.14. The largest absolute Gasteiger partial charge is 0.378 e. The van der Waals surface area contributed by atoms with Crippen LogP contribution in [0.1, 0.15) is 47.0 Å². The topological polar surface area (TPSA) is 35.2 Å². The Morgan fingerprint density at radius 3 is 2.27 bits per heavy atom. The molecule has 3 heteroatoms. The summed E-state index contributed by atoms with van der Waals surface area (Å²) in [6, 6.07) is 0.271. The van der Waals surface area contributed by atoms with Gasteiger partial charge in [-0.3, -0.25) is 0 Å². The van der Waals surface area contributed by atoms with Crippen LogP contribution in [0.25, 0.3) is 0 Å². The molecule has 0 amide bonds. The highest BCUT2D eigenvalue weighted by Gasteiger charge is 2.23. The normalized spacial score (nSPS) is 19.5. The van der Waals surface area contributed by atoms with Crippen LogP contribution >= 0.6 is 0 Å². The average Bonchev–Trinajstić information content (AvgIpc) is 2.15. The second-order valence-corrected chi connectivity index (χ2v) is 4.93. The highest BCUT2D eigenvalue weighted by atomic mass is 16.5. The average molecular weight is 213 g/mol. The van der Waals surface area contributed by atoms with Crippen molar-refractivity contribution in [3.63, 3.8) is 0 Å². The molecule has 0 saturated carbocycles. The van der Waals surface area contributed by atoms with Gasteiger partial charge in [0.2, 0.25) is 0 Å². The lowest BCUT2D eigenvalue weighted by molar-refractivity contribution is 0.0104. The number of hydrogen-bond acceptors (Lipinski definition) is 2. The van der Waals surface area contributed by atoms with Crippen LogP contribution in [-0.4, -0.2) is 26.6 Å². The molecule has 2 N–H and O–H groups in total. The molecule has 0 heterocycles. The Bertz CT molecular complexity index is 147. The van der Waals surface area contributed by atoms with Crippen LogP contribution in [0.2, 0.25) is 5.82 Å². The van der Waals surface area contributed by atoms with E-state index in [1.54, 1.807) is 0 Å². The predicted octanol–water partition coefficient (Wildman–Crippen LogP) is 1.99. The molecule has 0 fully saturated rings. The number of rotatable bonds is 8. The molecule has 0 saturated heterocycles. The summed E-state index contributed by atoms with van der Waals surface area (Å²) < 4.78 is 5.77. The van der Waals surface area contributed by atoms with E-state index in [4.69, 9.17) is 10.5 Å². The van der Waals surface area contributed by atoms with Crippen molar-refractivity contribution in [1.29, 1.82) is 0 Å². The van der Waals surface area contributed by atoms with Crippen molar-refractivity contribution in [2.75, 3.05) is 6.61 Å². The van der Waals surface area contributed by atoms with Gasteiger partial charge < -0.3 is 10.5 Å². The molecule has 15 heavy (non-hydrogen) atoms. The summed E-state index contributed by atoms with van der Waals surface area (Å²) in [5, 5.41) is 0. The van der Waals surface area contributed by atoms with Crippen LogP contribution in [-0.2, 0) is 4.74 Å². The Kier molecular flexibility index (Phi) is 8.17.